The van der Waals surface area contributed by atoms with Crippen molar-refractivity contribution in [2.45, 2.75) is 31.7 Å². The monoisotopic (exact) mass is 279 g/mol. The number of amides is 1. The number of hydrogen-bond donors (Lipinski definition) is 1. The number of nitrogens with one attached hydrogen (secondary N) is 1. The molecule has 1 N–H and O–H groups in total. The summed E-state index contributed by atoms with van der Waals surface area (Å²) < 4.78 is 0.959. The Morgan fingerprint density at radius 2 is 2.12 bits per heavy atom. The van der Waals surface area contributed by atoms with Gasteiger partial charge in [0.25, 0.3) is 5.91 Å². The van der Waals surface area contributed by atoms with Gasteiger partial charge in [0.1, 0.15) is 0 Å². The van der Waals surface area contributed by atoms with E-state index in [2.05, 4.69) is 21.2 Å². The van der Waals surface area contributed by atoms with E-state index in [4.69, 9.17) is 0 Å². The van der Waals surface area contributed by atoms with E-state index in [1.54, 1.807) is 0 Å². The number of hydrogen-bond acceptors (Lipinski definition) is 1. The van der Waals surface area contributed by atoms with Crippen LogP contribution in [0.25, 0.3) is 0 Å². The van der Waals surface area contributed by atoms with E-state index in [0.29, 0.717) is 0 Å². The van der Waals surface area contributed by atoms with Gasteiger partial charge in [0, 0.05) is 15.6 Å². The molecule has 0 unspecified atom stereocenters. The lowest BCUT2D eigenvalue weighted by molar-refractivity contribution is -0.0438. The number of aryl methyl sites for hydroxylation is 1. The fourth-order valence-corrected chi connectivity index (χ4v) is 3.14. The van der Waals surface area contributed by atoms with Gasteiger partial charge in [0.15, 0.2) is 0 Å². The zero-order valence-corrected chi connectivity index (χ0v) is 10.8. The van der Waals surface area contributed by atoms with Crippen LogP contribution in [0, 0.1) is 12.8 Å². The zero-order chi connectivity index (χ0) is 11.3. The molecule has 0 saturated heterocycles. The molecular weight excluding hydrogens is 266 g/mol. The number of carbonyl (C=O) groups is 1. The lowest BCUT2D eigenvalue weighted by atomic mass is 9.50. The van der Waals surface area contributed by atoms with Crippen molar-refractivity contribution in [2.24, 2.45) is 5.92 Å². The highest BCUT2D eigenvalue weighted by molar-refractivity contribution is 9.10. The minimum absolute atomic E-state index is 0.0805. The maximum atomic E-state index is 12.1. The Morgan fingerprint density at radius 1 is 1.44 bits per heavy atom. The summed E-state index contributed by atoms with van der Waals surface area (Å²) in [6, 6.07) is 5.84. The van der Waals surface area contributed by atoms with Crippen LogP contribution in [0.2, 0.25) is 0 Å². The summed E-state index contributed by atoms with van der Waals surface area (Å²) in [5.74, 6) is 0.973. The van der Waals surface area contributed by atoms with Crippen molar-refractivity contribution in [1.29, 1.82) is 0 Å². The molecule has 0 aromatic heterocycles. The largest absolute Gasteiger partial charge is 0.347 e. The fraction of sp³-hybridized carbons (Fsp3) is 0.462. The number of benzene rings is 1. The number of rotatable bonds is 2. The molecule has 2 bridgehead atoms. The van der Waals surface area contributed by atoms with Crippen LogP contribution in [-0.2, 0) is 0 Å². The van der Waals surface area contributed by atoms with Crippen molar-refractivity contribution in [2.75, 3.05) is 0 Å². The van der Waals surface area contributed by atoms with Crippen LogP contribution in [0.3, 0.4) is 0 Å². The standard InChI is InChI=1S/C13H14BrNO/c1-8-2-3-10(14)4-11(8)12(16)15-13-5-9(6-13)7-13/h2-4,9H,5-7H2,1H3,(H,15,16). The first kappa shape index (κ1) is 10.3. The van der Waals surface area contributed by atoms with Crippen LogP contribution < -0.4 is 5.32 Å². The maximum absolute atomic E-state index is 12.1. The summed E-state index contributed by atoms with van der Waals surface area (Å²) >= 11 is 3.41. The average Bonchev–Trinajstić information content (AvgIpc) is 2.13. The van der Waals surface area contributed by atoms with Gasteiger partial charge in [-0.25, -0.2) is 0 Å². The second-order valence-corrected chi connectivity index (χ2v) is 6.09. The maximum Gasteiger partial charge on any atom is 0.252 e. The Bertz CT molecular complexity index is 452. The molecule has 2 nitrogen and oxygen atoms in total. The van der Waals surface area contributed by atoms with Gasteiger partial charge in [-0.15, -0.1) is 0 Å². The van der Waals surface area contributed by atoms with Crippen LogP contribution in [0.5, 0.6) is 0 Å². The number of carbonyl (C=O) groups excluding carboxylic acids is 1. The van der Waals surface area contributed by atoms with Gasteiger partial charge in [-0.2, -0.15) is 0 Å². The van der Waals surface area contributed by atoms with Crippen LogP contribution in [0.1, 0.15) is 35.2 Å². The fourth-order valence-electron chi connectivity index (χ4n) is 2.78. The third kappa shape index (κ3) is 1.49. The molecule has 0 atom stereocenters. The van der Waals surface area contributed by atoms with Crippen molar-refractivity contribution >= 4 is 21.8 Å². The van der Waals surface area contributed by atoms with Gasteiger partial charge in [0.2, 0.25) is 0 Å². The molecule has 4 rings (SSSR count). The second-order valence-electron chi connectivity index (χ2n) is 5.17. The van der Waals surface area contributed by atoms with E-state index in [-0.39, 0.29) is 11.4 Å². The molecule has 16 heavy (non-hydrogen) atoms. The highest BCUT2D eigenvalue weighted by Crippen LogP contribution is 2.57. The minimum Gasteiger partial charge on any atom is -0.347 e. The van der Waals surface area contributed by atoms with Crippen molar-refractivity contribution in [1.82, 2.24) is 5.32 Å². The van der Waals surface area contributed by atoms with E-state index in [1.165, 1.54) is 19.3 Å². The van der Waals surface area contributed by atoms with Gasteiger partial charge in [-0.3, -0.25) is 4.79 Å². The van der Waals surface area contributed by atoms with E-state index in [0.717, 1.165) is 21.5 Å². The summed E-state index contributed by atoms with van der Waals surface area (Å²) in [6.45, 7) is 1.98. The molecule has 3 aliphatic rings. The summed E-state index contributed by atoms with van der Waals surface area (Å²) in [4.78, 5) is 12.1. The molecule has 3 saturated carbocycles. The molecule has 1 aromatic rings. The Morgan fingerprint density at radius 3 is 2.69 bits per heavy atom. The first-order chi connectivity index (χ1) is 7.58. The molecular formula is C13H14BrNO. The quantitative estimate of drug-likeness (QED) is 0.886. The molecule has 1 amide bonds. The first-order valence-corrected chi connectivity index (χ1v) is 6.46. The van der Waals surface area contributed by atoms with Crippen LogP contribution in [0.15, 0.2) is 22.7 Å². The molecule has 0 aliphatic heterocycles. The number of halogens is 1. The normalized spacial score (nSPS) is 30.2. The minimum atomic E-state index is 0.0805. The third-order valence-corrected chi connectivity index (χ3v) is 4.35. The van der Waals surface area contributed by atoms with E-state index >= 15 is 0 Å². The highest BCUT2D eigenvalue weighted by atomic mass is 79.9. The van der Waals surface area contributed by atoms with Gasteiger partial charge >= 0.3 is 0 Å². The molecule has 84 valence electrons. The van der Waals surface area contributed by atoms with Gasteiger partial charge in [-0.05, 0) is 49.8 Å². The van der Waals surface area contributed by atoms with E-state index in [9.17, 15) is 4.79 Å². The topological polar surface area (TPSA) is 29.1 Å². The molecule has 0 radical (unpaired) electrons. The first-order valence-electron chi connectivity index (χ1n) is 5.67. The van der Waals surface area contributed by atoms with Gasteiger partial charge < -0.3 is 5.32 Å². The summed E-state index contributed by atoms with van der Waals surface area (Å²) in [7, 11) is 0. The Balaban J connectivity index is 1.80. The predicted molar refractivity (Wildman–Crippen MR) is 66.4 cm³/mol. The molecule has 3 heteroatoms. The molecule has 3 aliphatic carbocycles. The summed E-state index contributed by atoms with van der Waals surface area (Å²) in [5, 5.41) is 3.18. The Hall–Kier alpha value is -0.830. The van der Waals surface area contributed by atoms with Crippen LogP contribution in [0.4, 0.5) is 0 Å². The highest BCUT2D eigenvalue weighted by Gasteiger charge is 2.57. The SMILES string of the molecule is Cc1ccc(Br)cc1C(=O)NC12CC(C1)C2. The zero-order valence-electron chi connectivity index (χ0n) is 9.22. The summed E-state index contributed by atoms with van der Waals surface area (Å²) in [5.41, 5.74) is 1.99. The molecule has 0 spiro atoms. The third-order valence-electron chi connectivity index (χ3n) is 3.86. The van der Waals surface area contributed by atoms with Crippen molar-refractivity contribution in [3.05, 3.63) is 33.8 Å². The predicted octanol–water partition coefficient (Wildman–Crippen LogP) is 3.04. The van der Waals surface area contributed by atoms with E-state index < -0.39 is 0 Å². The van der Waals surface area contributed by atoms with Crippen molar-refractivity contribution in [3.8, 4) is 0 Å². The molecule has 1 aromatic carbocycles. The van der Waals surface area contributed by atoms with Crippen molar-refractivity contribution < 1.29 is 4.79 Å². The van der Waals surface area contributed by atoms with Crippen LogP contribution in [-0.4, -0.2) is 11.4 Å². The second kappa shape index (κ2) is 3.33. The Kier molecular flexibility index (Phi) is 2.15. The Labute approximate surface area is 104 Å². The van der Waals surface area contributed by atoms with E-state index in [1.807, 2.05) is 25.1 Å². The lowest BCUT2D eigenvalue weighted by Crippen LogP contribution is -2.68. The smallest absolute Gasteiger partial charge is 0.252 e. The van der Waals surface area contributed by atoms with Gasteiger partial charge in [-0.1, -0.05) is 22.0 Å². The lowest BCUT2D eigenvalue weighted by Gasteiger charge is -2.61. The van der Waals surface area contributed by atoms with Gasteiger partial charge in [0.05, 0.1) is 0 Å². The molecule has 0 heterocycles. The average molecular weight is 280 g/mol. The molecule has 3 fully saturated rings. The summed E-state index contributed by atoms with van der Waals surface area (Å²) in [6.07, 6.45) is 3.56. The van der Waals surface area contributed by atoms with Crippen LogP contribution >= 0.6 is 15.9 Å². The van der Waals surface area contributed by atoms with Crippen molar-refractivity contribution in [3.63, 3.8) is 0 Å².